The molecule has 75 heavy (non-hydrogen) atoms. The average Bonchev–Trinajstić information content (AvgIpc) is 3.98. The summed E-state index contributed by atoms with van der Waals surface area (Å²) in [7, 11) is 0. The molecule has 4 aromatic rings. The molecule has 24 nitrogen and oxygen atoms in total. The van der Waals surface area contributed by atoms with E-state index in [4.69, 9.17) is 17.2 Å². The number of H-pyrrole nitrogens is 2. The molecule has 2 heterocycles. The molecule has 24 heteroatoms. The third-order valence-electron chi connectivity index (χ3n) is 12.5. The number of carbonyl (C=O) groups excluding carboxylic acids is 10. The van der Waals surface area contributed by atoms with Crippen LogP contribution in [0, 0.1) is 0 Å². The second kappa shape index (κ2) is 29.1. The van der Waals surface area contributed by atoms with Crippen LogP contribution in [0.4, 0.5) is 0 Å². The number of aromatic nitrogens is 2. The molecule has 0 radical (unpaired) electrons. The smallest absolute Gasteiger partial charge is 0.243 e. The Hall–Kier alpha value is -7.86. The lowest BCUT2D eigenvalue weighted by Gasteiger charge is -2.25. The van der Waals surface area contributed by atoms with Crippen LogP contribution in [0.3, 0.4) is 0 Å². The molecule has 0 fully saturated rings. The van der Waals surface area contributed by atoms with Crippen molar-refractivity contribution in [3.63, 3.8) is 0 Å². The van der Waals surface area contributed by atoms with Gasteiger partial charge in [0.2, 0.25) is 59.1 Å². The van der Waals surface area contributed by atoms with Crippen LogP contribution in [-0.4, -0.2) is 137 Å². The Morgan fingerprint density at radius 2 is 0.747 bits per heavy atom. The van der Waals surface area contributed by atoms with Crippen LogP contribution in [0.2, 0.25) is 0 Å². The number of carbonyl (C=O) groups is 10. The number of primary amides is 1. The number of amides is 10. The van der Waals surface area contributed by atoms with Crippen molar-refractivity contribution in [2.45, 2.75) is 147 Å². The quantitative estimate of drug-likeness (QED) is 0.0270. The highest BCUT2D eigenvalue weighted by Gasteiger charge is 2.32. The Kier molecular flexibility index (Phi) is 23.2. The number of nitrogens with one attached hydrogen (secondary N) is 11. The van der Waals surface area contributed by atoms with Gasteiger partial charge in [-0.1, -0.05) is 36.4 Å². The number of nitrogens with two attached hydrogens (primary N) is 3. The molecule has 17 N–H and O–H groups in total. The van der Waals surface area contributed by atoms with E-state index in [0.717, 1.165) is 32.9 Å². The largest absolute Gasteiger partial charge is 0.368 e. The molecule has 0 aliphatic rings. The lowest BCUT2D eigenvalue weighted by Crippen LogP contribution is -2.59. The minimum atomic E-state index is -1.22. The van der Waals surface area contributed by atoms with Gasteiger partial charge >= 0.3 is 0 Å². The number of rotatable bonds is 30. The number of unbranched alkanes of at least 4 members (excludes halogenated alkanes) is 2. The summed E-state index contributed by atoms with van der Waals surface area (Å²) in [6.45, 7) is 8.82. The van der Waals surface area contributed by atoms with Crippen molar-refractivity contribution in [1.82, 2.24) is 57.8 Å². The maximum atomic E-state index is 13.6. The second-order valence-corrected chi connectivity index (χ2v) is 18.7. The minimum absolute atomic E-state index is 0.0898. The van der Waals surface area contributed by atoms with Gasteiger partial charge in [-0.15, -0.1) is 0 Å². The Bertz CT molecular complexity index is 2650. The number of para-hydroxylation sites is 2. The van der Waals surface area contributed by atoms with Gasteiger partial charge in [0.1, 0.15) is 54.4 Å². The summed E-state index contributed by atoms with van der Waals surface area (Å²) in [5.74, 6) is -7.01. The summed E-state index contributed by atoms with van der Waals surface area (Å²) in [6, 6.07) is 4.46. The van der Waals surface area contributed by atoms with Gasteiger partial charge in [-0.3, -0.25) is 47.9 Å². The lowest BCUT2D eigenvalue weighted by atomic mass is 10.0. The summed E-state index contributed by atoms with van der Waals surface area (Å²) in [4.78, 5) is 138. The van der Waals surface area contributed by atoms with E-state index in [0.29, 0.717) is 38.8 Å². The number of hydrogen-bond donors (Lipinski definition) is 14. The first-order valence-electron chi connectivity index (χ1n) is 25.1. The maximum absolute atomic E-state index is 13.6. The highest BCUT2D eigenvalue weighted by Crippen LogP contribution is 2.21. The molecule has 4 rings (SSSR count). The summed E-state index contributed by atoms with van der Waals surface area (Å²) in [5, 5.41) is 24.9. The predicted octanol–water partition coefficient (Wildman–Crippen LogP) is -1.34. The Labute approximate surface area is 435 Å². The molecule has 0 spiro atoms. The molecular weight excluding hydrogens is 969 g/mol. The van der Waals surface area contributed by atoms with Gasteiger partial charge in [0.25, 0.3) is 0 Å². The number of fused-ring (bicyclic) bond motifs is 2. The van der Waals surface area contributed by atoms with Crippen LogP contribution in [0.1, 0.15) is 91.2 Å². The Morgan fingerprint density at radius 1 is 0.427 bits per heavy atom. The first kappa shape index (κ1) is 59.7. The predicted molar refractivity (Wildman–Crippen MR) is 280 cm³/mol. The van der Waals surface area contributed by atoms with Gasteiger partial charge in [-0.05, 0) is 109 Å². The van der Waals surface area contributed by atoms with E-state index < -0.39 is 113 Å². The van der Waals surface area contributed by atoms with Gasteiger partial charge in [-0.25, -0.2) is 0 Å². The molecular formula is C51H74N14O10. The average molecular weight is 1040 g/mol. The summed E-state index contributed by atoms with van der Waals surface area (Å²) in [5.41, 5.74) is 20.2. The molecule has 0 saturated carbocycles. The maximum Gasteiger partial charge on any atom is 0.243 e. The van der Waals surface area contributed by atoms with Crippen molar-refractivity contribution in [2.24, 2.45) is 17.2 Å². The first-order valence-corrected chi connectivity index (χ1v) is 25.1. The van der Waals surface area contributed by atoms with Crippen LogP contribution in [-0.2, 0) is 60.8 Å². The molecule has 9 atom stereocenters. The minimum Gasteiger partial charge on any atom is -0.368 e. The van der Waals surface area contributed by atoms with E-state index in [9.17, 15) is 47.9 Å². The normalized spacial score (nSPS) is 14.8. The van der Waals surface area contributed by atoms with Crippen molar-refractivity contribution < 1.29 is 47.9 Å². The van der Waals surface area contributed by atoms with Gasteiger partial charge in [0.15, 0.2) is 0 Å². The zero-order valence-corrected chi connectivity index (χ0v) is 43.4. The monoisotopic (exact) mass is 1040 g/mol. The van der Waals surface area contributed by atoms with E-state index in [1.165, 1.54) is 41.5 Å². The zero-order valence-electron chi connectivity index (χ0n) is 43.4. The molecule has 10 amide bonds. The number of benzene rings is 2. The summed E-state index contributed by atoms with van der Waals surface area (Å²) < 4.78 is 0. The summed E-state index contributed by atoms with van der Waals surface area (Å²) >= 11 is 0. The number of aromatic amines is 2. The molecule has 0 bridgehead atoms. The van der Waals surface area contributed by atoms with Crippen LogP contribution in [0.15, 0.2) is 60.9 Å². The van der Waals surface area contributed by atoms with E-state index in [1.54, 1.807) is 12.4 Å². The molecule has 0 aliphatic carbocycles. The van der Waals surface area contributed by atoms with Gasteiger partial charge in [0, 0.05) is 54.0 Å². The fraction of sp³-hybridized carbons (Fsp3) is 0.490. The Morgan fingerprint density at radius 3 is 1.11 bits per heavy atom. The molecule has 408 valence electrons. The first-order chi connectivity index (χ1) is 35.6. The van der Waals surface area contributed by atoms with Crippen molar-refractivity contribution >= 4 is 80.9 Å². The zero-order chi connectivity index (χ0) is 55.4. The fourth-order valence-corrected chi connectivity index (χ4v) is 8.08. The SMILES string of the molecule is CC(=O)N[C@@H](Cc1c[nH]c2ccccc12)C(=O)N[C@@H](C)C(=O)N[C@@H](CCCCN)C(=O)N[C@@H](C)C(=O)N[C@@H](C)C(=O)N[C@@H](C)C(=O)N[C@@H](CCCCN)C(=O)N[C@@H](C)C(=O)N[C@@H](Cc1c[nH]c2ccccc12)C(N)=O. The van der Waals surface area contributed by atoms with Crippen LogP contribution in [0.5, 0.6) is 0 Å². The second-order valence-electron chi connectivity index (χ2n) is 18.7. The number of hydrogen-bond acceptors (Lipinski definition) is 12. The highest BCUT2D eigenvalue weighted by atomic mass is 16.2. The van der Waals surface area contributed by atoms with Crippen molar-refractivity contribution in [3.05, 3.63) is 72.1 Å². The van der Waals surface area contributed by atoms with Gasteiger partial charge in [-0.2, -0.15) is 0 Å². The van der Waals surface area contributed by atoms with Crippen LogP contribution in [0.25, 0.3) is 21.8 Å². The Balaban J connectivity index is 1.29. The fourth-order valence-electron chi connectivity index (χ4n) is 8.08. The molecule has 0 saturated heterocycles. The van der Waals surface area contributed by atoms with Crippen LogP contribution < -0.4 is 65.1 Å². The standard InChI is InChI=1S/C51H74N14O10/c1-27(44(68)58-29(3)46(70)63-40(20-12-14-22-53)50(74)60-31(5)48(72)65-41(43(54)67)23-33-25-55-37-17-9-7-15-35(33)37)57-45(69)28(2)59-49(73)39(19-11-13-21-52)64-47(71)30(4)61-51(75)42(62-32(6)66)24-34-26-56-38-18-10-8-16-36(34)38/h7-10,15-18,25-31,39-42,55-56H,11-14,19-24,52-53H2,1-6H3,(H2,54,67)(H,57,69)(H,58,68)(H,59,73)(H,60,74)(H,61,75)(H,62,66)(H,63,70)(H,64,71)(H,65,72)/t27-,28-,29-,30-,31-,39-,40-,41-,42-/m0/s1. The van der Waals surface area contributed by atoms with Gasteiger partial charge in [0.05, 0.1) is 0 Å². The molecule has 2 aromatic carbocycles. The molecule has 0 unspecified atom stereocenters. The lowest BCUT2D eigenvalue weighted by molar-refractivity contribution is -0.135. The van der Waals surface area contributed by atoms with E-state index in [-0.39, 0.29) is 25.7 Å². The van der Waals surface area contributed by atoms with Crippen LogP contribution >= 0.6 is 0 Å². The van der Waals surface area contributed by atoms with E-state index >= 15 is 0 Å². The topological polar surface area (TPSA) is 389 Å². The van der Waals surface area contributed by atoms with Crippen molar-refractivity contribution in [2.75, 3.05) is 13.1 Å². The van der Waals surface area contributed by atoms with E-state index in [1.807, 2.05) is 48.5 Å². The third kappa shape index (κ3) is 18.2. The summed E-state index contributed by atoms with van der Waals surface area (Å²) in [6.07, 6.45) is 5.83. The van der Waals surface area contributed by atoms with E-state index in [2.05, 4.69) is 57.8 Å². The highest BCUT2D eigenvalue weighted by molar-refractivity contribution is 5.98. The van der Waals surface area contributed by atoms with Crippen molar-refractivity contribution in [3.8, 4) is 0 Å². The molecule has 2 aromatic heterocycles. The molecule has 0 aliphatic heterocycles. The third-order valence-corrected chi connectivity index (χ3v) is 12.5. The van der Waals surface area contributed by atoms with Gasteiger partial charge < -0.3 is 75.0 Å². The van der Waals surface area contributed by atoms with Crippen molar-refractivity contribution in [1.29, 1.82) is 0 Å².